The van der Waals surface area contributed by atoms with Crippen molar-refractivity contribution < 1.29 is 31.6 Å². The van der Waals surface area contributed by atoms with Crippen LogP contribution < -0.4 is 5.14 Å². The Bertz CT molecular complexity index is 1280. The number of nitrogens with two attached hydrogens (primary N) is 1. The molecule has 4 rings (SSSR count). The van der Waals surface area contributed by atoms with Crippen molar-refractivity contribution in [3.8, 4) is 0 Å². The number of hydrogen-bond donors (Lipinski definition) is 1. The molecule has 1 amide bonds. The van der Waals surface area contributed by atoms with E-state index in [0.29, 0.717) is 17.9 Å². The molecule has 11 heteroatoms. The molecule has 1 aromatic carbocycles. The first-order valence-corrected chi connectivity index (χ1v) is 11.1. The molecule has 0 saturated carbocycles. The molecule has 0 saturated heterocycles. The van der Waals surface area contributed by atoms with Gasteiger partial charge in [0.05, 0.1) is 12.0 Å². The van der Waals surface area contributed by atoms with Crippen molar-refractivity contribution in [1.82, 2.24) is 5.01 Å². The topological polar surface area (TPSA) is 145 Å². The first-order chi connectivity index (χ1) is 15.2. The Kier molecular flexibility index (Phi) is 5.68. The number of furan rings is 2. The zero-order chi connectivity index (χ0) is 22.9. The van der Waals surface area contributed by atoms with Gasteiger partial charge >= 0.3 is 5.97 Å². The van der Waals surface area contributed by atoms with Crippen LogP contribution in [0.2, 0.25) is 0 Å². The summed E-state index contributed by atoms with van der Waals surface area (Å²) >= 11 is 0. The van der Waals surface area contributed by atoms with Gasteiger partial charge in [0, 0.05) is 6.42 Å². The normalized spacial score (nSPS) is 16.1. The number of hydrazone groups is 1. The first-order valence-electron chi connectivity index (χ1n) is 9.52. The van der Waals surface area contributed by atoms with Crippen molar-refractivity contribution in [3.63, 3.8) is 0 Å². The molecule has 3 aromatic rings. The molecule has 3 heterocycles. The highest BCUT2D eigenvalue weighted by molar-refractivity contribution is 7.89. The van der Waals surface area contributed by atoms with Gasteiger partial charge in [-0.3, -0.25) is 4.79 Å². The molecule has 1 unspecified atom stereocenters. The summed E-state index contributed by atoms with van der Waals surface area (Å²) in [5.74, 6) is -1.45. The Labute approximate surface area is 183 Å². The zero-order valence-corrected chi connectivity index (χ0v) is 17.7. The van der Waals surface area contributed by atoms with E-state index in [9.17, 15) is 18.0 Å². The van der Waals surface area contributed by atoms with Crippen LogP contribution in [0.25, 0.3) is 0 Å². The van der Waals surface area contributed by atoms with Crippen LogP contribution in [0.3, 0.4) is 0 Å². The van der Waals surface area contributed by atoms with Gasteiger partial charge in [-0.15, -0.1) is 0 Å². The van der Waals surface area contributed by atoms with Crippen molar-refractivity contribution in [3.05, 3.63) is 77.4 Å². The van der Waals surface area contributed by atoms with Crippen molar-refractivity contribution in [2.75, 3.05) is 6.61 Å². The van der Waals surface area contributed by atoms with Crippen LogP contribution in [0.15, 0.2) is 73.8 Å². The summed E-state index contributed by atoms with van der Waals surface area (Å²) in [4.78, 5) is 25.0. The largest absolute Gasteiger partial charge is 0.467 e. The number of aryl methyl sites for hydroxylation is 1. The second-order valence-corrected chi connectivity index (χ2v) is 8.62. The molecular weight excluding hydrogens is 438 g/mol. The summed E-state index contributed by atoms with van der Waals surface area (Å²) in [5, 5.41) is 10.0. The van der Waals surface area contributed by atoms with Crippen molar-refractivity contribution >= 4 is 27.6 Å². The first kappa shape index (κ1) is 21.5. The van der Waals surface area contributed by atoms with Gasteiger partial charge in [-0.05, 0) is 36.8 Å². The maximum atomic E-state index is 12.8. The van der Waals surface area contributed by atoms with E-state index in [1.807, 2.05) is 31.2 Å². The van der Waals surface area contributed by atoms with E-state index in [0.717, 1.165) is 23.3 Å². The molecule has 0 aliphatic carbocycles. The van der Waals surface area contributed by atoms with Gasteiger partial charge in [0.15, 0.2) is 6.61 Å². The fraction of sp³-hybridized carbons (Fsp3) is 0.190. The summed E-state index contributed by atoms with van der Waals surface area (Å²) in [5.41, 5.74) is 2.65. The lowest BCUT2D eigenvalue weighted by molar-refractivity contribution is -0.136. The lowest BCUT2D eigenvalue weighted by atomic mass is 10.0. The molecular formula is C21H19N3O7S. The Morgan fingerprint density at radius 1 is 1.19 bits per heavy atom. The van der Waals surface area contributed by atoms with E-state index in [1.165, 1.54) is 11.3 Å². The second kappa shape index (κ2) is 8.44. The average Bonchev–Trinajstić information content (AvgIpc) is 3.51. The van der Waals surface area contributed by atoms with Crippen LogP contribution in [0, 0.1) is 6.92 Å². The minimum atomic E-state index is -4.11. The van der Waals surface area contributed by atoms with E-state index in [4.69, 9.17) is 18.7 Å². The molecule has 2 N–H and O–H groups in total. The number of benzene rings is 1. The van der Waals surface area contributed by atoms with Gasteiger partial charge in [-0.25, -0.2) is 23.4 Å². The van der Waals surface area contributed by atoms with Gasteiger partial charge in [0.25, 0.3) is 15.9 Å². The fourth-order valence-electron chi connectivity index (χ4n) is 3.21. The predicted molar refractivity (Wildman–Crippen MR) is 111 cm³/mol. The summed E-state index contributed by atoms with van der Waals surface area (Å²) in [6, 6.07) is 12.8. The van der Waals surface area contributed by atoms with Crippen molar-refractivity contribution in [1.29, 1.82) is 0 Å². The number of sulfonamides is 1. The number of carbonyl (C=O) groups is 2. The molecule has 1 atom stereocenters. The zero-order valence-electron chi connectivity index (χ0n) is 16.9. The van der Waals surface area contributed by atoms with Gasteiger partial charge < -0.3 is 13.6 Å². The van der Waals surface area contributed by atoms with Crippen molar-refractivity contribution in [2.24, 2.45) is 10.2 Å². The summed E-state index contributed by atoms with van der Waals surface area (Å²) in [6.45, 7) is 1.34. The fourth-order valence-corrected chi connectivity index (χ4v) is 3.67. The van der Waals surface area contributed by atoms with E-state index in [-0.39, 0.29) is 0 Å². The Balaban J connectivity index is 1.50. The smallest absolute Gasteiger partial charge is 0.374 e. The molecule has 1 aliphatic heterocycles. The van der Waals surface area contributed by atoms with Crippen LogP contribution in [-0.2, 0) is 19.6 Å². The van der Waals surface area contributed by atoms with Crippen LogP contribution in [0.5, 0.6) is 0 Å². The molecule has 10 nitrogen and oxygen atoms in total. The summed E-state index contributed by atoms with van der Waals surface area (Å²) in [7, 11) is -4.11. The Morgan fingerprint density at radius 3 is 2.56 bits per heavy atom. The lowest BCUT2D eigenvalue weighted by Crippen LogP contribution is -2.31. The highest BCUT2D eigenvalue weighted by atomic mass is 32.2. The average molecular weight is 457 g/mol. The van der Waals surface area contributed by atoms with Crippen molar-refractivity contribution in [2.45, 2.75) is 24.5 Å². The minimum absolute atomic E-state index is 0.394. The maximum absolute atomic E-state index is 12.8. The highest BCUT2D eigenvalue weighted by Crippen LogP contribution is 2.33. The van der Waals surface area contributed by atoms with Crippen LogP contribution in [0.1, 0.15) is 39.9 Å². The van der Waals surface area contributed by atoms with Gasteiger partial charge in [-0.1, -0.05) is 29.8 Å². The number of rotatable bonds is 6. The SMILES string of the molecule is Cc1ccc(C2=NN(C(=O)COC(=O)c3ccc(S(N)(=O)=O)o3)C(c3ccco3)C2)cc1. The minimum Gasteiger partial charge on any atom is -0.467 e. The highest BCUT2D eigenvalue weighted by Gasteiger charge is 2.35. The van der Waals surface area contributed by atoms with Crippen LogP contribution in [0.4, 0.5) is 0 Å². The third kappa shape index (κ3) is 4.48. The molecule has 2 aromatic heterocycles. The number of nitrogens with zero attached hydrogens (tertiary/aromatic N) is 2. The standard InChI is InChI=1S/C21H19N3O7S/c1-13-4-6-14(7-5-13)15-11-16(17-3-2-10-29-17)24(23-15)19(25)12-30-21(26)18-8-9-20(31-18)32(22,27)28/h2-10,16H,11-12H2,1H3,(H2,22,27,28). The predicted octanol–water partition coefficient (Wildman–Crippen LogP) is 2.36. The van der Waals surface area contributed by atoms with E-state index >= 15 is 0 Å². The third-order valence-electron chi connectivity index (χ3n) is 4.81. The molecule has 0 fully saturated rings. The van der Waals surface area contributed by atoms with Gasteiger partial charge in [0.1, 0.15) is 11.8 Å². The summed E-state index contributed by atoms with van der Waals surface area (Å²) in [6.07, 6.45) is 1.92. The number of carbonyl (C=O) groups excluding carboxylic acids is 2. The molecule has 1 aliphatic rings. The molecule has 0 spiro atoms. The maximum Gasteiger partial charge on any atom is 0.374 e. The monoisotopic (exact) mass is 457 g/mol. The van der Waals surface area contributed by atoms with Gasteiger partial charge in [-0.2, -0.15) is 5.10 Å². The number of hydrogen-bond acceptors (Lipinski definition) is 8. The Morgan fingerprint density at radius 2 is 1.94 bits per heavy atom. The molecule has 32 heavy (non-hydrogen) atoms. The van der Waals surface area contributed by atoms with Crippen LogP contribution in [-0.4, -0.2) is 37.6 Å². The van der Waals surface area contributed by atoms with E-state index < -0.39 is 45.4 Å². The van der Waals surface area contributed by atoms with E-state index in [2.05, 4.69) is 5.10 Å². The number of ether oxygens (including phenoxy) is 1. The van der Waals surface area contributed by atoms with Crippen LogP contribution >= 0.6 is 0 Å². The van der Waals surface area contributed by atoms with E-state index in [1.54, 1.807) is 12.1 Å². The summed E-state index contributed by atoms with van der Waals surface area (Å²) < 4.78 is 37.9. The lowest BCUT2D eigenvalue weighted by Gasteiger charge is -2.19. The number of esters is 1. The Hall–Kier alpha value is -3.70. The quantitative estimate of drug-likeness (QED) is 0.559. The third-order valence-corrected chi connectivity index (χ3v) is 5.59. The van der Waals surface area contributed by atoms with Gasteiger partial charge in [0.2, 0.25) is 10.9 Å². The number of amides is 1. The second-order valence-electron chi connectivity index (χ2n) is 7.13. The molecule has 0 radical (unpaired) electrons. The molecule has 166 valence electrons. The molecule has 0 bridgehead atoms. The number of primary sulfonamides is 1.